The molecule has 0 heterocycles. The van der Waals surface area contributed by atoms with Crippen LogP contribution in [0.3, 0.4) is 0 Å². The molecule has 11 heavy (non-hydrogen) atoms. The molecule has 0 aromatic rings. The van der Waals surface area contributed by atoms with E-state index in [9.17, 15) is 0 Å². The lowest BCUT2D eigenvalue weighted by atomic mass is 10.1. The largest absolute Gasteiger partial charge is 0.330 e. The maximum Gasteiger partial charge on any atom is -0.00773 e. The molecular weight excluding hydrogens is 134 g/mol. The van der Waals surface area contributed by atoms with Crippen LogP contribution in [0.4, 0.5) is 0 Å². The summed E-state index contributed by atoms with van der Waals surface area (Å²) < 4.78 is 0. The molecule has 0 atom stereocenters. The van der Waals surface area contributed by atoms with Crippen LogP contribution in [-0.2, 0) is 0 Å². The van der Waals surface area contributed by atoms with Crippen molar-refractivity contribution in [2.24, 2.45) is 5.73 Å². The quantitative estimate of drug-likeness (QED) is 0.465. The van der Waals surface area contributed by atoms with Crippen molar-refractivity contribution >= 4 is 0 Å². The number of nitrogens with two attached hydrogens (primary N) is 1. The van der Waals surface area contributed by atoms with Crippen molar-refractivity contribution in [3.63, 3.8) is 0 Å². The zero-order valence-electron chi connectivity index (χ0n) is 7.94. The van der Waals surface area contributed by atoms with E-state index in [1.54, 1.807) is 0 Å². The summed E-state index contributed by atoms with van der Waals surface area (Å²) in [5, 5.41) is 0. The Morgan fingerprint density at radius 2 is 1.36 bits per heavy atom. The van der Waals surface area contributed by atoms with Gasteiger partial charge in [0.15, 0.2) is 0 Å². The zero-order chi connectivity index (χ0) is 8.95. The van der Waals surface area contributed by atoms with Crippen LogP contribution < -0.4 is 5.73 Å². The molecule has 0 spiro atoms. The van der Waals surface area contributed by atoms with E-state index in [2.05, 4.69) is 20.1 Å². The predicted octanol–water partition coefficient (Wildman–Crippen LogP) is 3.11. The minimum absolute atomic E-state index is 0.867. The van der Waals surface area contributed by atoms with Gasteiger partial charge in [-0.05, 0) is 13.0 Å². The second-order valence-corrected chi connectivity index (χ2v) is 2.56. The highest BCUT2D eigenvalue weighted by molar-refractivity contribution is 4.43. The van der Waals surface area contributed by atoms with Gasteiger partial charge in [-0.3, -0.25) is 0 Å². The van der Waals surface area contributed by atoms with Gasteiger partial charge >= 0.3 is 0 Å². The summed E-state index contributed by atoms with van der Waals surface area (Å²) in [7, 11) is 0. The van der Waals surface area contributed by atoms with Crippen LogP contribution >= 0.6 is 0 Å². The van der Waals surface area contributed by atoms with E-state index >= 15 is 0 Å². The third kappa shape index (κ3) is 17.7. The zero-order valence-corrected chi connectivity index (χ0v) is 7.94. The molecule has 0 radical (unpaired) electrons. The molecule has 1 nitrogen and oxygen atoms in total. The first kappa shape index (κ1) is 13.3. The summed E-state index contributed by atoms with van der Waals surface area (Å²) in [6, 6.07) is 0. The average Bonchev–Trinajstić information content (AvgIpc) is 2.08. The van der Waals surface area contributed by atoms with Crippen molar-refractivity contribution in [2.45, 2.75) is 45.4 Å². The highest BCUT2D eigenvalue weighted by atomic mass is 14.5. The molecule has 0 aromatic carbocycles. The van der Waals surface area contributed by atoms with Crippen LogP contribution in [0.1, 0.15) is 45.4 Å². The summed E-state index contributed by atoms with van der Waals surface area (Å²) in [5.74, 6) is 0. The maximum absolute atomic E-state index is 5.34. The standard InChI is InChI=1S/C8H19N.C2H4/c1-2-3-4-5-6-7-8-9;1-2/h2-9H2,1H3;1-2H2. The molecule has 0 aromatic heterocycles. The smallest absolute Gasteiger partial charge is 0.00773 e. The van der Waals surface area contributed by atoms with Gasteiger partial charge in [-0.1, -0.05) is 39.0 Å². The van der Waals surface area contributed by atoms with Crippen LogP contribution in [0.15, 0.2) is 13.2 Å². The Bertz CT molecular complexity index is 46.8. The van der Waals surface area contributed by atoms with Gasteiger partial charge in [0, 0.05) is 0 Å². The minimum Gasteiger partial charge on any atom is -0.330 e. The molecule has 0 amide bonds. The highest BCUT2D eigenvalue weighted by Gasteiger charge is 1.85. The van der Waals surface area contributed by atoms with Crippen LogP contribution in [0, 0.1) is 0 Å². The summed E-state index contributed by atoms with van der Waals surface area (Å²) in [6.07, 6.45) is 8.05. The highest BCUT2D eigenvalue weighted by Crippen LogP contribution is 2.03. The van der Waals surface area contributed by atoms with Gasteiger partial charge in [0.25, 0.3) is 0 Å². The van der Waals surface area contributed by atoms with E-state index < -0.39 is 0 Å². The molecule has 0 aliphatic heterocycles. The molecule has 0 aliphatic carbocycles. The second-order valence-electron chi connectivity index (χ2n) is 2.56. The van der Waals surface area contributed by atoms with Crippen molar-refractivity contribution in [1.82, 2.24) is 0 Å². The van der Waals surface area contributed by atoms with E-state index in [0.717, 1.165) is 6.54 Å². The Hall–Kier alpha value is -0.300. The monoisotopic (exact) mass is 157 g/mol. The summed E-state index contributed by atoms with van der Waals surface area (Å²) in [5.41, 5.74) is 5.34. The molecule has 0 fully saturated rings. The van der Waals surface area contributed by atoms with Crippen molar-refractivity contribution < 1.29 is 0 Å². The second kappa shape index (κ2) is 16.4. The molecule has 0 saturated heterocycles. The van der Waals surface area contributed by atoms with Gasteiger partial charge < -0.3 is 5.73 Å². The molecule has 0 bridgehead atoms. The van der Waals surface area contributed by atoms with E-state index in [1.807, 2.05) is 0 Å². The Balaban J connectivity index is 0. The molecule has 0 saturated carbocycles. The SMILES string of the molecule is C=C.CCCCCCCCN. The molecule has 0 aliphatic rings. The fourth-order valence-electron chi connectivity index (χ4n) is 0.925. The molecule has 68 valence electrons. The van der Waals surface area contributed by atoms with Crippen molar-refractivity contribution in [2.75, 3.05) is 6.54 Å². The van der Waals surface area contributed by atoms with Crippen LogP contribution in [0.25, 0.3) is 0 Å². The Morgan fingerprint density at radius 1 is 0.909 bits per heavy atom. The fourth-order valence-corrected chi connectivity index (χ4v) is 0.925. The van der Waals surface area contributed by atoms with Gasteiger partial charge in [0.1, 0.15) is 0 Å². The molecular formula is C10H23N. The average molecular weight is 157 g/mol. The molecule has 2 N–H and O–H groups in total. The summed E-state index contributed by atoms with van der Waals surface area (Å²) in [6.45, 7) is 9.11. The van der Waals surface area contributed by atoms with Crippen molar-refractivity contribution in [3.05, 3.63) is 13.2 Å². The number of unbranched alkanes of at least 4 members (excludes halogenated alkanes) is 5. The fraction of sp³-hybridized carbons (Fsp3) is 0.800. The lowest BCUT2D eigenvalue weighted by molar-refractivity contribution is 0.612. The third-order valence-corrected chi connectivity index (χ3v) is 1.56. The minimum atomic E-state index is 0.867. The van der Waals surface area contributed by atoms with Gasteiger partial charge in [0.05, 0.1) is 0 Å². The third-order valence-electron chi connectivity index (χ3n) is 1.56. The van der Waals surface area contributed by atoms with Gasteiger partial charge in [-0.2, -0.15) is 0 Å². The van der Waals surface area contributed by atoms with Crippen molar-refractivity contribution in [1.29, 1.82) is 0 Å². The molecule has 0 unspecified atom stereocenters. The Morgan fingerprint density at radius 3 is 1.82 bits per heavy atom. The number of hydrogen-bond donors (Lipinski definition) is 1. The maximum atomic E-state index is 5.34. The van der Waals surface area contributed by atoms with E-state index in [4.69, 9.17) is 5.73 Å². The Kier molecular flexibility index (Phi) is 19.8. The van der Waals surface area contributed by atoms with Crippen LogP contribution in [-0.4, -0.2) is 6.54 Å². The van der Waals surface area contributed by atoms with Gasteiger partial charge in [-0.15, -0.1) is 13.2 Å². The topological polar surface area (TPSA) is 26.0 Å². The van der Waals surface area contributed by atoms with Crippen LogP contribution in [0.2, 0.25) is 0 Å². The molecule has 1 heteroatoms. The predicted molar refractivity (Wildman–Crippen MR) is 53.7 cm³/mol. The first-order chi connectivity index (χ1) is 5.41. The Labute approximate surface area is 71.7 Å². The lowest BCUT2D eigenvalue weighted by Gasteiger charge is -1.96. The van der Waals surface area contributed by atoms with Gasteiger partial charge in [-0.25, -0.2) is 0 Å². The van der Waals surface area contributed by atoms with E-state index in [0.29, 0.717) is 0 Å². The normalized spacial score (nSPS) is 8.55. The number of hydrogen-bond acceptors (Lipinski definition) is 1. The van der Waals surface area contributed by atoms with E-state index in [-0.39, 0.29) is 0 Å². The number of rotatable bonds is 6. The first-order valence-electron chi connectivity index (χ1n) is 4.62. The van der Waals surface area contributed by atoms with Crippen LogP contribution in [0.5, 0.6) is 0 Å². The van der Waals surface area contributed by atoms with E-state index in [1.165, 1.54) is 38.5 Å². The lowest BCUT2D eigenvalue weighted by Crippen LogP contribution is -1.97. The molecule has 0 rings (SSSR count). The van der Waals surface area contributed by atoms with Crippen molar-refractivity contribution in [3.8, 4) is 0 Å². The summed E-state index contributed by atoms with van der Waals surface area (Å²) >= 11 is 0. The summed E-state index contributed by atoms with van der Waals surface area (Å²) in [4.78, 5) is 0. The first-order valence-corrected chi connectivity index (χ1v) is 4.62. The van der Waals surface area contributed by atoms with Gasteiger partial charge in [0.2, 0.25) is 0 Å².